The van der Waals surface area contributed by atoms with Crippen LogP contribution >= 0.6 is 0 Å². The van der Waals surface area contributed by atoms with Gasteiger partial charge in [0.1, 0.15) is 0 Å². The maximum Gasteiger partial charge on any atom is 0.254 e. The number of carbonyl (C=O) groups is 1. The Bertz CT molecular complexity index is 474. The van der Waals surface area contributed by atoms with E-state index in [1.807, 2.05) is 24.0 Å². The van der Waals surface area contributed by atoms with Crippen LogP contribution in [0.15, 0.2) is 18.2 Å². The van der Waals surface area contributed by atoms with Crippen LogP contribution in [0.25, 0.3) is 0 Å². The normalized spacial score (nSPS) is 19.1. The van der Waals surface area contributed by atoms with Crippen LogP contribution in [-0.2, 0) is 4.74 Å². The Labute approximate surface area is 120 Å². The number of aryl methyl sites for hydroxylation is 1. The van der Waals surface area contributed by atoms with Crippen molar-refractivity contribution in [1.82, 2.24) is 4.90 Å². The second kappa shape index (κ2) is 6.75. The van der Waals surface area contributed by atoms with Gasteiger partial charge < -0.3 is 15.4 Å². The Morgan fingerprint density at radius 2 is 2.30 bits per heavy atom. The van der Waals surface area contributed by atoms with E-state index in [4.69, 9.17) is 10.5 Å². The molecule has 1 aliphatic heterocycles. The maximum absolute atomic E-state index is 12.6. The zero-order valence-corrected chi connectivity index (χ0v) is 12.4. The summed E-state index contributed by atoms with van der Waals surface area (Å²) in [6, 6.07) is 5.46. The summed E-state index contributed by atoms with van der Waals surface area (Å²) in [7, 11) is 0. The van der Waals surface area contributed by atoms with Gasteiger partial charge in [0, 0.05) is 30.9 Å². The van der Waals surface area contributed by atoms with E-state index in [0.717, 1.165) is 43.5 Å². The first-order valence-electron chi connectivity index (χ1n) is 7.38. The van der Waals surface area contributed by atoms with Crippen LogP contribution in [0.4, 0.5) is 5.69 Å². The summed E-state index contributed by atoms with van der Waals surface area (Å²) in [6.45, 7) is 6.31. The van der Waals surface area contributed by atoms with E-state index in [0.29, 0.717) is 12.2 Å². The van der Waals surface area contributed by atoms with Crippen LogP contribution in [0.1, 0.15) is 42.1 Å². The SMILES string of the molecule is CCCOC1CCCN(C(=O)c2ccc(N)cc2C)C1. The molecule has 1 amide bonds. The first-order valence-corrected chi connectivity index (χ1v) is 7.38. The Kier molecular flexibility index (Phi) is 5.01. The van der Waals surface area contributed by atoms with E-state index in [1.54, 1.807) is 6.07 Å². The number of ether oxygens (including phenoxy) is 1. The highest BCUT2D eigenvalue weighted by molar-refractivity contribution is 5.96. The van der Waals surface area contributed by atoms with E-state index in [-0.39, 0.29) is 12.0 Å². The van der Waals surface area contributed by atoms with Crippen LogP contribution in [0.3, 0.4) is 0 Å². The number of nitrogens with two attached hydrogens (primary N) is 1. The van der Waals surface area contributed by atoms with Gasteiger partial charge in [-0.2, -0.15) is 0 Å². The number of benzene rings is 1. The van der Waals surface area contributed by atoms with E-state index in [2.05, 4.69) is 6.92 Å². The molecular weight excluding hydrogens is 252 g/mol. The largest absolute Gasteiger partial charge is 0.399 e. The average molecular weight is 276 g/mol. The molecule has 2 rings (SSSR count). The van der Waals surface area contributed by atoms with Crippen molar-refractivity contribution in [3.8, 4) is 0 Å². The smallest absolute Gasteiger partial charge is 0.254 e. The molecule has 0 spiro atoms. The molecule has 0 radical (unpaired) electrons. The third-order valence-electron chi connectivity index (χ3n) is 3.70. The predicted molar refractivity (Wildman–Crippen MR) is 80.8 cm³/mol. The van der Waals surface area contributed by atoms with Crippen LogP contribution in [-0.4, -0.2) is 36.6 Å². The van der Waals surface area contributed by atoms with Crippen molar-refractivity contribution in [2.24, 2.45) is 0 Å². The number of nitrogen functional groups attached to an aromatic ring is 1. The summed E-state index contributed by atoms with van der Waals surface area (Å²) in [5, 5.41) is 0. The van der Waals surface area contributed by atoms with Crippen LogP contribution < -0.4 is 5.73 Å². The summed E-state index contributed by atoms with van der Waals surface area (Å²) in [6.07, 6.45) is 3.25. The molecule has 0 aliphatic carbocycles. The minimum absolute atomic E-state index is 0.0901. The highest BCUT2D eigenvalue weighted by Crippen LogP contribution is 2.19. The highest BCUT2D eigenvalue weighted by atomic mass is 16.5. The van der Waals surface area contributed by atoms with Gasteiger partial charge in [-0.3, -0.25) is 4.79 Å². The summed E-state index contributed by atoms with van der Waals surface area (Å²) in [5.74, 6) is 0.0901. The molecule has 1 unspecified atom stereocenters. The van der Waals surface area contributed by atoms with Crippen LogP contribution in [0.2, 0.25) is 0 Å². The number of piperidine rings is 1. The lowest BCUT2D eigenvalue weighted by Crippen LogP contribution is -2.43. The second-order valence-corrected chi connectivity index (χ2v) is 5.46. The Hall–Kier alpha value is -1.55. The molecule has 1 atom stereocenters. The van der Waals surface area contributed by atoms with Crippen molar-refractivity contribution in [3.05, 3.63) is 29.3 Å². The Balaban J connectivity index is 2.04. The number of hydrogen-bond acceptors (Lipinski definition) is 3. The summed E-state index contributed by atoms with van der Waals surface area (Å²) >= 11 is 0. The topological polar surface area (TPSA) is 55.6 Å². The molecule has 0 aromatic heterocycles. The molecule has 0 bridgehead atoms. The number of carbonyl (C=O) groups excluding carboxylic acids is 1. The first kappa shape index (κ1) is 14.9. The molecule has 1 aliphatic rings. The monoisotopic (exact) mass is 276 g/mol. The lowest BCUT2D eigenvalue weighted by molar-refractivity contribution is 0.00209. The van der Waals surface area contributed by atoms with Gasteiger partial charge >= 0.3 is 0 Å². The third kappa shape index (κ3) is 3.51. The van der Waals surface area contributed by atoms with Gasteiger partial charge in [0.25, 0.3) is 5.91 Å². The minimum atomic E-state index is 0.0901. The van der Waals surface area contributed by atoms with Crippen molar-refractivity contribution < 1.29 is 9.53 Å². The van der Waals surface area contributed by atoms with Crippen molar-refractivity contribution in [2.45, 2.75) is 39.2 Å². The Morgan fingerprint density at radius 3 is 3.00 bits per heavy atom. The third-order valence-corrected chi connectivity index (χ3v) is 3.70. The molecular formula is C16H24N2O2. The van der Waals surface area contributed by atoms with Gasteiger partial charge in [-0.15, -0.1) is 0 Å². The molecule has 1 heterocycles. The van der Waals surface area contributed by atoms with Gasteiger partial charge in [0.15, 0.2) is 0 Å². The van der Waals surface area contributed by atoms with E-state index < -0.39 is 0 Å². The molecule has 4 nitrogen and oxygen atoms in total. The molecule has 110 valence electrons. The fourth-order valence-electron chi connectivity index (χ4n) is 2.64. The van der Waals surface area contributed by atoms with Crippen molar-refractivity contribution in [1.29, 1.82) is 0 Å². The molecule has 2 N–H and O–H groups in total. The summed E-state index contributed by atoms with van der Waals surface area (Å²) < 4.78 is 5.78. The lowest BCUT2D eigenvalue weighted by atomic mass is 10.0. The first-order chi connectivity index (χ1) is 9.61. The van der Waals surface area contributed by atoms with E-state index in [1.165, 1.54) is 0 Å². The lowest BCUT2D eigenvalue weighted by Gasteiger charge is -2.33. The quantitative estimate of drug-likeness (QED) is 0.860. The van der Waals surface area contributed by atoms with Gasteiger partial charge in [0.2, 0.25) is 0 Å². The van der Waals surface area contributed by atoms with Crippen molar-refractivity contribution >= 4 is 11.6 Å². The molecule has 1 saturated heterocycles. The van der Waals surface area contributed by atoms with Gasteiger partial charge in [-0.1, -0.05) is 6.92 Å². The molecule has 1 aromatic carbocycles. The van der Waals surface area contributed by atoms with Crippen LogP contribution in [0.5, 0.6) is 0 Å². The fraction of sp³-hybridized carbons (Fsp3) is 0.562. The number of rotatable bonds is 4. The highest BCUT2D eigenvalue weighted by Gasteiger charge is 2.25. The zero-order chi connectivity index (χ0) is 14.5. The minimum Gasteiger partial charge on any atom is -0.399 e. The zero-order valence-electron chi connectivity index (χ0n) is 12.4. The number of anilines is 1. The molecule has 1 fully saturated rings. The number of hydrogen-bond donors (Lipinski definition) is 1. The molecule has 0 saturated carbocycles. The summed E-state index contributed by atoms with van der Waals surface area (Å²) in [5.41, 5.74) is 8.12. The number of amides is 1. The number of nitrogens with zero attached hydrogens (tertiary/aromatic N) is 1. The Morgan fingerprint density at radius 1 is 1.50 bits per heavy atom. The standard InChI is InChI=1S/C16H24N2O2/c1-3-9-20-14-5-4-8-18(11-14)16(19)15-7-6-13(17)10-12(15)2/h6-7,10,14H,3-5,8-9,11,17H2,1-2H3. The molecule has 20 heavy (non-hydrogen) atoms. The maximum atomic E-state index is 12.6. The van der Waals surface area contributed by atoms with E-state index >= 15 is 0 Å². The predicted octanol–water partition coefficient (Wildman–Crippen LogP) is 2.61. The second-order valence-electron chi connectivity index (χ2n) is 5.46. The van der Waals surface area contributed by atoms with Crippen molar-refractivity contribution in [3.63, 3.8) is 0 Å². The summed E-state index contributed by atoms with van der Waals surface area (Å²) in [4.78, 5) is 14.5. The van der Waals surface area contributed by atoms with Gasteiger partial charge in [-0.05, 0) is 49.9 Å². The molecule has 4 heteroatoms. The fourth-order valence-corrected chi connectivity index (χ4v) is 2.64. The van der Waals surface area contributed by atoms with Gasteiger partial charge in [0.05, 0.1) is 6.10 Å². The van der Waals surface area contributed by atoms with Crippen LogP contribution in [0, 0.1) is 6.92 Å². The molecule has 1 aromatic rings. The number of likely N-dealkylation sites (tertiary alicyclic amines) is 1. The average Bonchev–Trinajstić information content (AvgIpc) is 2.45. The van der Waals surface area contributed by atoms with Crippen molar-refractivity contribution in [2.75, 3.05) is 25.4 Å². The van der Waals surface area contributed by atoms with E-state index in [9.17, 15) is 4.79 Å². The van der Waals surface area contributed by atoms with Gasteiger partial charge in [-0.25, -0.2) is 0 Å².